The van der Waals surface area contributed by atoms with Crippen molar-refractivity contribution in [1.29, 1.82) is 0 Å². The second-order valence-corrected chi connectivity index (χ2v) is 5.19. The molecule has 0 fully saturated rings. The first kappa shape index (κ1) is 11.3. The molecule has 0 aliphatic rings. The Morgan fingerprint density at radius 2 is 2.14 bits per heavy atom. The molecule has 0 radical (unpaired) electrons. The number of primary amides is 1. The van der Waals surface area contributed by atoms with Crippen LogP contribution in [0.3, 0.4) is 0 Å². The lowest BCUT2D eigenvalue weighted by atomic mass is 9.95. The Morgan fingerprint density at radius 3 is 2.50 bits per heavy atom. The van der Waals surface area contributed by atoms with Crippen molar-refractivity contribution in [3.05, 3.63) is 4.88 Å². The standard InChI is InChI=1S/C8H12N2O2S2/c1-8(2,3)4-5(13)10-7(14-4)12-6(9)11/h13H,1-3H3,(H2,9,11). The maximum Gasteiger partial charge on any atom is 0.411 e. The minimum absolute atomic E-state index is 0.0615. The number of hydrogen-bond donors (Lipinski definition) is 2. The van der Waals surface area contributed by atoms with Crippen LogP contribution in [0.25, 0.3) is 0 Å². The van der Waals surface area contributed by atoms with Crippen LogP contribution in [0.5, 0.6) is 5.19 Å². The van der Waals surface area contributed by atoms with Crippen molar-refractivity contribution in [2.75, 3.05) is 0 Å². The average Bonchev–Trinajstić information content (AvgIpc) is 2.27. The summed E-state index contributed by atoms with van der Waals surface area (Å²) < 4.78 is 4.67. The molecule has 0 saturated carbocycles. The quantitative estimate of drug-likeness (QED) is 0.729. The van der Waals surface area contributed by atoms with E-state index in [-0.39, 0.29) is 10.6 Å². The summed E-state index contributed by atoms with van der Waals surface area (Å²) >= 11 is 5.49. The van der Waals surface area contributed by atoms with E-state index in [1.165, 1.54) is 11.3 Å². The highest BCUT2D eigenvalue weighted by atomic mass is 32.1. The molecular formula is C8H12N2O2S2. The summed E-state index contributed by atoms with van der Waals surface area (Å²) in [5.41, 5.74) is 4.81. The Balaban J connectivity index is 2.99. The summed E-state index contributed by atoms with van der Waals surface area (Å²) in [5.74, 6) is 0. The predicted molar refractivity (Wildman–Crippen MR) is 58.3 cm³/mol. The van der Waals surface area contributed by atoms with Gasteiger partial charge in [-0.3, -0.25) is 0 Å². The zero-order valence-electron chi connectivity index (χ0n) is 8.20. The Kier molecular flexibility index (Phi) is 3.06. The van der Waals surface area contributed by atoms with Gasteiger partial charge in [0.05, 0.1) is 0 Å². The van der Waals surface area contributed by atoms with Crippen molar-refractivity contribution in [3.8, 4) is 5.19 Å². The molecule has 4 nitrogen and oxygen atoms in total. The highest BCUT2D eigenvalue weighted by Crippen LogP contribution is 2.36. The summed E-state index contributed by atoms with van der Waals surface area (Å²) in [5, 5.41) is 0.825. The van der Waals surface area contributed by atoms with Crippen molar-refractivity contribution < 1.29 is 9.53 Å². The lowest BCUT2D eigenvalue weighted by molar-refractivity contribution is 0.210. The number of nitrogens with two attached hydrogens (primary N) is 1. The van der Waals surface area contributed by atoms with Crippen LogP contribution in [-0.2, 0) is 5.41 Å². The van der Waals surface area contributed by atoms with E-state index in [0.29, 0.717) is 5.03 Å². The largest absolute Gasteiger partial charge is 0.411 e. The van der Waals surface area contributed by atoms with E-state index in [0.717, 1.165) is 4.88 Å². The summed E-state index contributed by atoms with van der Waals surface area (Å²) in [6.45, 7) is 6.11. The van der Waals surface area contributed by atoms with E-state index >= 15 is 0 Å². The van der Waals surface area contributed by atoms with E-state index in [2.05, 4.69) is 22.3 Å². The van der Waals surface area contributed by atoms with Gasteiger partial charge in [-0.15, -0.1) is 12.6 Å². The van der Waals surface area contributed by atoms with Gasteiger partial charge in [-0.1, -0.05) is 32.1 Å². The van der Waals surface area contributed by atoms with Gasteiger partial charge in [-0.25, -0.2) is 4.79 Å². The number of nitrogens with zero attached hydrogens (tertiary/aromatic N) is 1. The number of thiazole rings is 1. The van der Waals surface area contributed by atoms with Gasteiger partial charge in [0.15, 0.2) is 0 Å². The molecule has 0 spiro atoms. The molecule has 0 saturated heterocycles. The normalized spacial score (nSPS) is 11.4. The summed E-state index contributed by atoms with van der Waals surface area (Å²) in [6, 6.07) is 0. The van der Waals surface area contributed by atoms with E-state index < -0.39 is 6.09 Å². The Hall–Kier alpha value is -0.750. The molecule has 0 bridgehead atoms. The van der Waals surface area contributed by atoms with Crippen molar-refractivity contribution in [2.24, 2.45) is 5.73 Å². The van der Waals surface area contributed by atoms with Gasteiger partial charge in [0.2, 0.25) is 0 Å². The number of rotatable bonds is 1. The first-order valence-corrected chi connectivity index (χ1v) is 5.24. The number of hydrogen-bond acceptors (Lipinski definition) is 5. The van der Waals surface area contributed by atoms with Crippen LogP contribution in [0.15, 0.2) is 5.03 Å². The van der Waals surface area contributed by atoms with Gasteiger partial charge >= 0.3 is 6.09 Å². The SMILES string of the molecule is CC(C)(C)c1sc(OC(N)=O)nc1S. The highest BCUT2D eigenvalue weighted by Gasteiger charge is 2.22. The molecule has 2 N–H and O–H groups in total. The number of thiol groups is 1. The van der Waals surface area contributed by atoms with Crippen LogP contribution in [0.2, 0.25) is 0 Å². The summed E-state index contributed by atoms with van der Waals surface area (Å²) in [4.78, 5) is 15.4. The van der Waals surface area contributed by atoms with Gasteiger partial charge in [0, 0.05) is 4.88 Å². The number of ether oxygens (including phenoxy) is 1. The Morgan fingerprint density at radius 1 is 1.57 bits per heavy atom. The highest BCUT2D eigenvalue weighted by molar-refractivity contribution is 7.80. The fourth-order valence-electron chi connectivity index (χ4n) is 0.911. The lowest BCUT2D eigenvalue weighted by Gasteiger charge is -2.15. The molecule has 0 atom stereocenters. The van der Waals surface area contributed by atoms with E-state index in [9.17, 15) is 4.79 Å². The Bertz CT molecular complexity index is 355. The van der Waals surface area contributed by atoms with Crippen molar-refractivity contribution in [1.82, 2.24) is 4.98 Å². The molecule has 1 aromatic heterocycles. The first-order chi connectivity index (χ1) is 6.30. The summed E-state index contributed by atoms with van der Waals surface area (Å²) in [6.07, 6.45) is -0.854. The molecule has 6 heteroatoms. The van der Waals surface area contributed by atoms with Crippen LogP contribution in [0.4, 0.5) is 4.79 Å². The molecule has 0 aliphatic carbocycles. The van der Waals surface area contributed by atoms with Gasteiger partial charge < -0.3 is 10.5 Å². The molecule has 0 aromatic carbocycles. The third kappa shape index (κ3) is 2.62. The number of aromatic nitrogens is 1. The minimum Gasteiger partial charge on any atom is -0.381 e. The molecule has 0 unspecified atom stereocenters. The average molecular weight is 232 g/mol. The molecule has 1 aromatic rings. The molecule has 14 heavy (non-hydrogen) atoms. The molecular weight excluding hydrogens is 220 g/mol. The molecule has 1 heterocycles. The zero-order chi connectivity index (χ0) is 10.9. The second-order valence-electron chi connectivity index (χ2n) is 3.80. The van der Waals surface area contributed by atoms with Crippen molar-refractivity contribution in [2.45, 2.75) is 31.2 Å². The minimum atomic E-state index is -0.854. The topological polar surface area (TPSA) is 65.2 Å². The van der Waals surface area contributed by atoms with Gasteiger partial charge in [0.25, 0.3) is 5.19 Å². The van der Waals surface area contributed by atoms with Crippen molar-refractivity contribution in [3.63, 3.8) is 0 Å². The predicted octanol–water partition coefficient (Wildman–Crippen LogP) is 2.19. The number of carbonyl (C=O) groups is 1. The monoisotopic (exact) mass is 232 g/mol. The van der Waals surface area contributed by atoms with Crippen LogP contribution in [0.1, 0.15) is 25.6 Å². The van der Waals surface area contributed by atoms with Crippen LogP contribution >= 0.6 is 24.0 Å². The fourth-order valence-corrected chi connectivity index (χ4v) is 2.42. The van der Waals surface area contributed by atoms with Gasteiger partial charge in [0.1, 0.15) is 5.03 Å². The molecule has 0 aliphatic heterocycles. The van der Waals surface area contributed by atoms with E-state index in [1.807, 2.05) is 20.8 Å². The molecule has 1 amide bonds. The van der Waals surface area contributed by atoms with E-state index in [1.54, 1.807) is 0 Å². The number of carbonyl (C=O) groups excluding carboxylic acids is 1. The van der Waals surface area contributed by atoms with Gasteiger partial charge in [-0.05, 0) is 5.41 Å². The first-order valence-electron chi connectivity index (χ1n) is 3.98. The lowest BCUT2D eigenvalue weighted by Crippen LogP contribution is -2.15. The zero-order valence-corrected chi connectivity index (χ0v) is 9.91. The fraction of sp³-hybridized carbons (Fsp3) is 0.500. The van der Waals surface area contributed by atoms with Crippen LogP contribution in [0, 0.1) is 0 Å². The molecule has 78 valence electrons. The molecule has 1 rings (SSSR count). The second kappa shape index (κ2) is 3.78. The summed E-state index contributed by atoms with van der Waals surface area (Å²) in [7, 11) is 0. The van der Waals surface area contributed by atoms with Crippen molar-refractivity contribution >= 4 is 30.1 Å². The smallest absolute Gasteiger partial charge is 0.381 e. The third-order valence-corrected chi connectivity index (χ3v) is 3.29. The Labute approximate surface area is 91.9 Å². The van der Waals surface area contributed by atoms with Crippen LogP contribution in [-0.4, -0.2) is 11.1 Å². The van der Waals surface area contributed by atoms with Gasteiger partial charge in [-0.2, -0.15) is 4.98 Å². The number of amides is 1. The maximum atomic E-state index is 10.5. The maximum absolute atomic E-state index is 10.5. The van der Waals surface area contributed by atoms with Crippen LogP contribution < -0.4 is 10.5 Å². The van der Waals surface area contributed by atoms with E-state index in [4.69, 9.17) is 5.73 Å². The third-order valence-electron chi connectivity index (χ3n) is 1.46.